The normalized spacial score (nSPS) is 14.5. The maximum absolute atomic E-state index is 9.18. The van der Waals surface area contributed by atoms with E-state index >= 15 is 0 Å². The number of nitrogens with one attached hydrogen (secondary N) is 1. The Bertz CT molecular complexity index is 644. The molecule has 0 saturated carbocycles. The Labute approximate surface area is 152 Å². The lowest BCUT2D eigenvalue weighted by Crippen LogP contribution is -2.43. The van der Waals surface area contributed by atoms with Crippen LogP contribution in [-0.2, 0) is 16.1 Å². The smallest absolute Gasteiger partial charge is 0.293 e. The molecule has 0 radical (unpaired) electrons. The summed E-state index contributed by atoms with van der Waals surface area (Å²) < 4.78 is 9.53. The van der Waals surface area contributed by atoms with Crippen LogP contribution >= 0.6 is 11.8 Å². The first-order valence-corrected chi connectivity index (χ1v) is 9.44. The van der Waals surface area contributed by atoms with Crippen LogP contribution in [0.25, 0.3) is 11.5 Å². The van der Waals surface area contributed by atoms with Gasteiger partial charge in [0.05, 0.1) is 13.2 Å². The number of carbonyl (C=O) groups excluding carboxylic acids is 1. The van der Waals surface area contributed by atoms with Gasteiger partial charge in [0.2, 0.25) is 0 Å². The Kier molecular flexibility index (Phi) is 8.44. The summed E-state index contributed by atoms with van der Waals surface area (Å²) in [6.45, 7) is 7.55. The molecule has 1 fully saturated rings. The first-order chi connectivity index (χ1) is 12.3. The third-order valence-electron chi connectivity index (χ3n) is 3.59. The average Bonchev–Trinajstić information content (AvgIpc) is 3.12. The molecule has 2 heterocycles. The van der Waals surface area contributed by atoms with E-state index in [-0.39, 0.29) is 0 Å². The van der Waals surface area contributed by atoms with Gasteiger partial charge in [-0.2, -0.15) is 4.98 Å². The zero-order valence-corrected chi connectivity index (χ0v) is 15.4. The van der Waals surface area contributed by atoms with Crippen LogP contribution < -0.4 is 5.32 Å². The predicted molar refractivity (Wildman–Crippen MR) is 97.4 cm³/mol. The summed E-state index contributed by atoms with van der Waals surface area (Å²) in [6.07, 6.45) is 2.06. The van der Waals surface area contributed by atoms with Gasteiger partial charge < -0.3 is 14.6 Å². The fourth-order valence-corrected chi connectivity index (χ4v) is 2.79. The largest absolute Gasteiger partial charge is 0.468 e. The molecule has 0 aliphatic carbocycles. The molecule has 136 valence electrons. The third-order valence-corrected chi connectivity index (χ3v) is 4.32. The van der Waals surface area contributed by atoms with Crippen molar-refractivity contribution in [2.45, 2.75) is 18.4 Å². The van der Waals surface area contributed by atoms with E-state index in [0.29, 0.717) is 19.0 Å². The van der Waals surface area contributed by atoms with E-state index in [0.717, 1.165) is 44.1 Å². The van der Waals surface area contributed by atoms with Gasteiger partial charge in [-0.1, -0.05) is 11.2 Å². The number of thioether (sulfide) groups is 1. The summed E-state index contributed by atoms with van der Waals surface area (Å²) in [5.41, 5.74) is 0.982. The Morgan fingerprint density at radius 2 is 2.20 bits per heavy atom. The molecule has 1 aliphatic rings. The Balaban J connectivity index is 0.000000399. The van der Waals surface area contributed by atoms with Crippen molar-refractivity contribution in [2.24, 2.45) is 0 Å². The number of nitrogens with zero attached hydrogens (tertiary/aromatic N) is 3. The van der Waals surface area contributed by atoms with E-state index in [2.05, 4.69) is 43.5 Å². The number of aromatic nitrogens is 2. The van der Waals surface area contributed by atoms with Gasteiger partial charge in [-0.3, -0.25) is 9.69 Å². The lowest BCUT2D eigenvalue weighted by molar-refractivity contribution is -0.128. The highest BCUT2D eigenvalue weighted by atomic mass is 32.2. The summed E-state index contributed by atoms with van der Waals surface area (Å²) in [5.74, 6) is 1.36. The molecule has 25 heavy (non-hydrogen) atoms. The first-order valence-electron chi connectivity index (χ1n) is 8.22. The maximum atomic E-state index is 9.18. The molecule has 7 nitrogen and oxygen atoms in total. The van der Waals surface area contributed by atoms with Gasteiger partial charge in [-0.05, 0) is 31.4 Å². The van der Waals surface area contributed by atoms with Crippen molar-refractivity contribution in [1.29, 1.82) is 0 Å². The summed E-state index contributed by atoms with van der Waals surface area (Å²) in [7, 11) is 0. The van der Waals surface area contributed by atoms with Crippen molar-refractivity contribution in [1.82, 2.24) is 20.4 Å². The Morgan fingerprint density at radius 3 is 2.84 bits per heavy atom. The van der Waals surface area contributed by atoms with E-state index < -0.39 is 0 Å². The molecule has 0 atom stereocenters. The van der Waals surface area contributed by atoms with Gasteiger partial charge in [0.15, 0.2) is 5.82 Å². The van der Waals surface area contributed by atoms with Crippen LogP contribution in [0.2, 0.25) is 0 Å². The minimum Gasteiger partial charge on any atom is -0.468 e. The highest BCUT2D eigenvalue weighted by molar-refractivity contribution is 7.98. The topological polar surface area (TPSA) is 80.5 Å². The lowest BCUT2D eigenvalue weighted by Gasteiger charge is -2.25. The molecule has 0 bridgehead atoms. The number of piperazine rings is 1. The molecule has 1 aromatic carbocycles. The molecule has 2 aromatic rings. The van der Waals surface area contributed by atoms with Crippen LogP contribution in [0.3, 0.4) is 0 Å². The van der Waals surface area contributed by atoms with Gasteiger partial charge in [0, 0.05) is 36.6 Å². The van der Waals surface area contributed by atoms with Crippen molar-refractivity contribution in [3.63, 3.8) is 0 Å². The molecular formula is C17H24N4O3S. The molecule has 1 aromatic heterocycles. The monoisotopic (exact) mass is 364 g/mol. The number of rotatable bonds is 6. The van der Waals surface area contributed by atoms with Crippen LogP contribution in [-0.4, -0.2) is 60.6 Å². The summed E-state index contributed by atoms with van der Waals surface area (Å²) >= 11 is 1.71. The second-order valence-corrected chi connectivity index (χ2v) is 6.21. The first kappa shape index (κ1) is 19.4. The average molecular weight is 364 g/mol. The third kappa shape index (κ3) is 6.49. The highest BCUT2D eigenvalue weighted by Crippen LogP contribution is 2.23. The fourth-order valence-electron chi connectivity index (χ4n) is 2.33. The fraction of sp³-hybridized carbons (Fsp3) is 0.471. The number of carbonyl (C=O) groups is 1. The lowest BCUT2D eigenvalue weighted by atomic mass is 10.2. The second kappa shape index (κ2) is 10.9. The van der Waals surface area contributed by atoms with Gasteiger partial charge >= 0.3 is 0 Å². The molecule has 8 heteroatoms. The van der Waals surface area contributed by atoms with E-state index in [1.54, 1.807) is 18.7 Å². The van der Waals surface area contributed by atoms with E-state index in [1.165, 1.54) is 4.90 Å². The molecule has 3 rings (SSSR count). The van der Waals surface area contributed by atoms with Crippen molar-refractivity contribution in [3.8, 4) is 11.5 Å². The summed E-state index contributed by atoms with van der Waals surface area (Å²) in [4.78, 5) is 17.2. The molecule has 1 saturated heterocycles. The van der Waals surface area contributed by atoms with Crippen LogP contribution in [0.5, 0.6) is 0 Å². The number of hydrogen-bond donors (Lipinski definition) is 1. The predicted octanol–water partition coefficient (Wildman–Crippen LogP) is 2.04. The van der Waals surface area contributed by atoms with Crippen LogP contribution in [0, 0.1) is 0 Å². The molecular weight excluding hydrogens is 340 g/mol. The van der Waals surface area contributed by atoms with Crippen LogP contribution in [0.15, 0.2) is 33.7 Å². The number of hydrogen-bond acceptors (Lipinski definition) is 8. The van der Waals surface area contributed by atoms with E-state index in [9.17, 15) is 4.79 Å². The maximum Gasteiger partial charge on any atom is 0.293 e. The SMILES string of the molecule is CCOC=O.CSc1cccc(-c2nc(CN3CCNCC3)no2)c1. The summed E-state index contributed by atoms with van der Waals surface area (Å²) in [5, 5.41) is 7.42. The highest BCUT2D eigenvalue weighted by Gasteiger charge is 2.14. The van der Waals surface area contributed by atoms with Gasteiger partial charge in [0.25, 0.3) is 12.4 Å². The van der Waals surface area contributed by atoms with Crippen molar-refractivity contribution < 1.29 is 14.1 Å². The quantitative estimate of drug-likeness (QED) is 0.616. The molecule has 1 aliphatic heterocycles. The zero-order valence-electron chi connectivity index (χ0n) is 14.6. The minimum absolute atomic E-state index is 0.431. The van der Waals surface area contributed by atoms with Crippen molar-refractivity contribution in [2.75, 3.05) is 39.0 Å². The Morgan fingerprint density at radius 1 is 1.40 bits per heavy atom. The standard InChI is InChI=1S/C14H18N4OS.C3H6O2/c1-20-12-4-2-3-11(9-12)14-16-13(17-19-14)10-18-7-5-15-6-8-18;1-2-5-3-4/h2-4,9,15H,5-8,10H2,1H3;3H,2H2,1H3. The summed E-state index contributed by atoms with van der Waals surface area (Å²) in [6, 6.07) is 8.17. The number of benzene rings is 1. The van der Waals surface area contributed by atoms with Crippen molar-refractivity contribution >= 4 is 18.2 Å². The minimum atomic E-state index is 0.431. The van der Waals surface area contributed by atoms with Crippen LogP contribution in [0.1, 0.15) is 12.7 Å². The molecule has 0 amide bonds. The van der Waals surface area contributed by atoms with Gasteiger partial charge in [0.1, 0.15) is 0 Å². The molecule has 1 N–H and O–H groups in total. The molecule has 0 unspecified atom stereocenters. The van der Waals surface area contributed by atoms with Crippen molar-refractivity contribution in [3.05, 3.63) is 30.1 Å². The molecule has 0 spiro atoms. The second-order valence-electron chi connectivity index (χ2n) is 5.33. The van der Waals surface area contributed by atoms with Gasteiger partial charge in [-0.15, -0.1) is 11.8 Å². The number of ether oxygens (including phenoxy) is 1. The van der Waals surface area contributed by atoms with E-state index in [4.69, 9.17) is 4.52 Å². The Hall–Kier alpha value is -1.90. The van der Waals surface area contributed by atoms with Crippen LogP contribution in [0.4, 0.5) is 0 Å². The zero-order chi connectivity index (χ0) is 17.9. The van der Waals surface area contributed by atoms with E-state index in [1.807, 2.05) is 12.1 Å². The van der Waals surface area contributed by atoms with Gasteiger partial charge in [-0.25, -0.2) is 0 Å².